The molecule has 4 nitrogen and oxygen atoms in total. The third kappa shape index (κ3) is 7.10. The van der Waals surface area contributed by atoms with Gasteiger partial charge in [-0.1, -0.05) is 30.3 Å². The van der Waals surface area contributed by atoms with Crippen molar-refractivity contribution >= 4 is 5.91 Å². The Labute approximate surface area is 122 Å². The summed E-state index contributed by atoms with van der Waals surface area (Å²) in [6.07, 6.45) is -3.77. The predicted octanol–water partition coefficient (Wildman–Crippen LogP) is 1.69. The average molecular weight is 303 g/mol. The number of amides is 1. The van der Waals surface area contributed by atoms with Gasteiger partial charge in [0.15, 0.2) is 0 Å². The van der Waals surface area contributed by atoms with Gasteiger partial charge in [-0.15, -0.1) is 0 Å². The molecule has 118 valence electrons. The maximum Gasteiger partial charge on any atom is 0.401 e. The van der Waals surface area contributed by atoms with Crippen LogP contribution in [0.3, 0.4) is 0 Å². The normalized spacial score (nSPS) is 13.2. The van der Waals surface area contributed by atoms with Crippen LogP contribution in [-0.4, -0.2) is 43.7 Å². The SMILES string of the molecule is CN(CCCNC(=O)C(N)c1ccccc1)CC(F)(F)F. The van der Waals surface area contributed by atoms with Gasteiger partial charge in [0.1, 0.15) is 6.04 Å². The summed E-state index contributed by atoms with van der Waals surface area (Å²) in [4.78, 5) is 13.0. The maximum atomic E-state index is 12.1. The summed E-state index contributed by atoms with van der Waals surface area (Å²) in [5.74, 6) is -0.334. The van der Waals surface area contributed by atoms with Crippen molar-refractivity contribution in [1.29, 1.82) is 0 Å². The first-order valence-electron chi connectivity index (χ1n) is 6.63. The monoisotopic (exact) mass is 303 g/mol. The molecular formula is C14H20F3N3O. The number of hydrogen-bond donors (Lipinski definition) is 2. The van der Waals surface area contributed by atoms with Gasteiger partial charge in [0.05, 0.1) is 6.54 Å². The molecule has 21 heavy (non-hydrogen) atoms. The van der Waals surface area contributed by atoms with Crippen LogP contribution in [0.2, 0.25) is 0 Å². The summed E-state index contributed by atoms with van der Waals surface area (Å²) in [6, 6.07) is 8.13. The maximum absolute atomic E-state index is 12.1. The van der Waals surface area contributed by atoms with E-state index in [0.29, 0.717) is 18.5 Å². The molecule has 0 saturated heterocycles. The Balaban J connectivity index is 2.25. The van der Waals surface area contributed by atoms with Crippen molar-refractivity contribution in [3.63, 3.8) is 0 Å². The van der Waals surface area contributed by atoms with Crippen molar-refractivity contribution in [3.8, 4) is 0 Å². The molecule has 0 aliphatic heterocycles. The summed E-state index contributed by atoms with van der Waals surface area (Å²) in [5, 5.41) is 2.63. The van der Waals surface area contributed by atoms with Crippen molar-refractivity contribution < 1.29 is 18.0 Å². The molecule has 0 aliphatic rings. The van der Waals surface area contributed by atoms with Crippen LogP contribution in [0, 0.1) is 0 Å². The Morgan fingerprint density at radius 3 is 2.52 bits per heavy atom. The average Bonchev–Trinajstić information content (AvgIpc) is 2.41. The number of nitrogens with one attached hydrogen (secondary N) is 1. The van der Waals surface area contributed by atoms with Crippen LogP contribution in [0.4, 0.5) is 13.2 Å². The largest absolute Gasteiger partial charge is 0.401 e. The van der Waals surface area contributed by atoms with E-state index in [1.807, 2.05) is 6.07 Å². The molecule has 3 N–H and O–H groups in total. The lowest BCUT2D eigenvalue weighted by Crippen LogP contribution is -2.37. The van der Waals surface area contributed by atoms with Gasteiger partial charge >= 0.3 is 6.18 Å². The van der Waals surface area contributed by atoms with Crippen molar-refractivity contribution in [2.24, 2.45) is 5.73 Å². The predicted molar refractivity (Wildman–Crippen MR) is 74.5 cm³/mol. The molecule has 0 radical (unpaired) electrons. The minimum Gasteiger partial charge on any atom is -0.354 e. The second kappa shape index (κ2) is 7.99. The van der Waals surface area contributed by atoms with Gasteiger partial charge in [-0.2, -0.15) is 13.2 Å². The number of hydrogen-bond acceptors (Lipinski definition) is 3. The molecule has 7 heteroatoms. The first kappa shape index (κ1) is 17.5. The standard InChI is InChI=1S/C14H20F3N3O/c1-20(10-14(15,16)17)9-5-8-19-13(21)12(18)11-6-3-2-4-7-11/h2-4,6-7,12H,5,8-10,18H2,1H3,(H,19,21). The number of nitrogens with zero attached hydrogens (tertiary/aromatic N) is 1. The molecule has 1 unspecified atom stereocenters. The molecule has 0 bridgehead atoms. The summed E-state index contributed by atoms with van der Waals surface area (Å²) >= 11 is 0. The van der Waals surface area contributed by atoms with Crippen molar-refractivity contribution in [2.45, 2.75) is 18.6 Å². The van der Waals surface area contributed by atoms with Gasteiger partial charge in [0, 0.05) is 6.54 Å². The van der Waals surface area contributed by atoms with E-state index < -0.39 is 18.8 Å². The van der Waals surface area contributed by atoms with Crippen LogP contribution in [-0.2, 0) is 4.79 Å². The van der Waals surface area contributed by atoms with Gasteiger partial charge in [-0.05, 0) is 25.6 Å². The molecule has 1 amide bonds. The second-order valence-corrected chi connectivity index (χ2v) is 4.89. The first-order chi connectivity index (χ1) is 9.79. The highest BCUT2D eigenvalue weighted by atomic mass is 19.4. The van der Waals surface area contributed by atoms with Gasteiger partial charge < -0.3 is 11.1 Å². The third-order valence-corrected chi connectivity index (χ3v) is 2.91. The molecule has 0 spiro atoms. The van der Waals surface area contributed by atoms with Crippen molar-refractivity contribution in [1.82, 2.24) is 10.2 Å². The molecule has 1 aromatic carbocycles. The quantitative estimate of drug-likeness (QED) is 0.754. The molecule has 0 heterocycles. The zero-order valence-corrected chi connectivity index (χ0v) is 11.9. The molecule has 1 rings (SSSR count). The number of benzene rings is 1. The van der Waals surface area contributed by atoms with Crippen molar-refractivity contribution in [3.05, 3.63) is 35.9 Å². The highest BCUT2D eigenvalue weighted by Crippen LogP contribution is 2.15. The number of rotatable bonds is 7. The number of carbonyl (C=O) groups is 1. The van der Waals surface area contributed by atoms with Gasteiger partial charge in [-0.3, -0.25) is 9.69 Å². The van der Waals surface area contributed by atoms with Gasteiger partial charge in [-0.25, -0.2) is 0 Å². The zero-order valence-electron chi connectivity index (χ0n) is 11.9. The lowest BCUT2D eigenvalue weighted by Gasteiger charge is -2.18. The Bertz CT molecular complexity index is 437. The zero-order chi connectivity index (χ0) is 15.9. The van der Waals surface area contributed by atoms with E-state index in [0.717, 1.165) is 0 Å². The minimum absolute atomic E-state index is 0.250. The number of halogens is 3. The van der Waals surface area contributed by atoms with Crippen LogP contribution < -0.4 is 11.1 Å². The molecule has 1 aromatic rings. The highest BCUT2D eigenvalue weighted by Gasteiger charge is 2.28. The molecule has 0 aliphatic carbocycles. The summed E-state index contributed by atoms with van der Waals surface area (Å²) in [6.45, 7) is -0.410. The lowest BCUT2D eigenvalue weighted by atomic mass is 10.1. The Hall–Kier alpha value is -1.60. The van der Waals surface area contributed by atoms with Crippen LogP contribution in [0.1, 0.15) is 18.0 Å². The molecule has 0 saturated carbocycles. The third-order valence-electron chi connectivity index (χ3n) is 2.91. The Kier molecular flexibility index (Phi) is 6.64. The summed E-state index contributed by atoms with van der Waals surface area (Å²) in [7, 11) is 1.39. The number of nitrogens with two attached hydrogens (primary N) is 1. The van der Waals surface area contributed by atoms with E-state index in [1.54, 1.807) is 24.3 Å². The van der Waals surface area contributed by atoms with E-state index in [9.17, 15) is 18.0 Å². The van der Waals surface area contributed by atoms with Gasteiger partial charge in [0.2, 0.25) is 5.91 Å². The smallest absolute Gasteiger partial charge is 0.354 e. The molecular weight excluding hydrogens is 283 g/mol. The summed E-state index contributed by atoms with van der Waals surface area (Å²) in [5.41, 5.74) is 6.49. The minimum atomic E-state index is -4.20. The highest BCUT2D eigenvalue weighted by molar-refractivity contribution is 5.82. The first-order valence-corrected chi connectivity index (χ1v) is 6.63. The fourth-order valence-electron chi connectivity index (χ4n) is 1.87. The number of carbonyl (C=O) groups excluding carboxylic acids is 1. The van der Waals surface area contributed by atoms with Crippen LogP contribution >= 0.6 is 0 Å². The van der Waals surface area contributed by atoms with E-state index in [-0.39, 0.29) is 12.5 Å². The Morgan fingerprint density at radius 1 is 1.33 bits per heavy atom. The number of alkyl halides is 3. The van der Waals surface area contributed by atoms with Gasteiger partial charge in [0.25, 0.3) is 0 Å². The second-order valence-electron chi connectivity index (χ2n) is 4.89. The van der Waals surface area contributed by atoms with Crippen LogP contribution in [0.15, 0.2) is 30.3 Å². The van der Waals surface area contributed by atoms with Crippen molar-refractivity contribution in [2.75, 3.05) is 26.7 Å². The topological polar surface area (TPSA) is 58.4 Å². The van der Waals surface area contributed by atoms with E-state index >= 15 is 0 Å². The Morgan fingerprint density at radius 2 is 1.95 bits per heavy atom. The fraction of sp³-hybridized carbons (Fsp3) is 0.500. The molecule has 1 atom stereocenters. The van der Waals surface area contributed by atoms with E-state index in [4.69, 9.17) is 5.73 Å². The molecule has 0 aromatic heterocycles. The van der Waals surface area contributed by atoms with E-state index in [1.165, 1.54) is 11.9 Å². The van der Waals surface area contributed by atoms with Crippen LogP contribution in [0.25, 0.3) is 0 Å². The van der Waals surface area contributed by atoms with Crippen LogP contribution in [0.5, 0.6) is 0 Å². The molecule has 0 fully saturated rings. The van der Waals surface area contributed by atoms with E-state index in [2.05, 4.69) is 5.32 Å². The summed E-state index contributed by atoms with van der Waals surface area (Å²) < 4.78 is 36.3. The lowest BCUT2D eigenvalue weighted by molar-refractivity contribution is -0.143. The fourth-order valence-corrected chi connectivity index (χ4v) is 1.87.